The minimum Gasteiger partial charge on any atom is -0.493 e. The van der Waals surface area contributed by atoms with Gasteiger partial charge < -0.3 is 24.3 Å². The number of methoxy groups -OCH3 is 1. The molecule has 0 spiro atoms. The van der Waals surface area contributed by atoms with Crippen LogP contribution in [0.4, 0.5) is 0 Å². The molecule has 1 N–H and O–H groups in total. The Morgan fingerprint density at radius 1 is 1.19 bits per heavy atom. The molecule has 0 aliphatic carbocycles. The van der Waals surface area contributed by atoms with Crippen LogP contribution in [-0.4, -0.2) is 53.6 Å². The van der Waals surface area contributed by atoms with E-state index in [-0.39, 0.29) is 24.5 Å². The topological polar surface area (TPSA) is 85.7 Å². The molecule has 3 aromatic rings. The van der Waals surface area contributed by atoms with Gasteiger partial charge in [-0.25, -0.2) is 4.98 Å². The van der Waals surface area contributed by atoms with E-state index in [0.29, 0.717) is 23.6 Å². The van der Waals surface area contributed by atoms with Gasteiger partial charge in [-0.1, -0.05) is 12.1 Å². The summed E-state index contributed by atoms with van der Waals surface area (Å²) < 4.78 is 13.1. The average Bonchev–Trinajstić information content (AvgIpc) is 3.46. The number of aryl methyl sites for hydroxylation is 1. The second kappa shape index (κ2) is 9.30. The zero-order valence-electron chi connectivity index (χ0n) is 18.6. The molecule has 2 aromatic carbocycles. The zero-order valence-corrected chi connectivity index (χ0v) is 18.6. The first-order chi connectivity index (χ1) is 15.6. The monoisotopic (exact) mass is 436 g/mol. The van der Waals surface area contributed by atoms with Crippen LogP contribution in [0.2, 0.25) is 0 Å². The molecule has 168 valence electrons. The quantitative estimate of drug-likeness (QED) is 0.615. The number of hydrogen-bond acceptors (Lipinski definition) is 5. The number of carbonyl (C=O) groups excluding carboxylic acids is 2. The van der Waals surface area contributed by atoms with Crippen molar-refractivity contribution < 1.29 is 19.1 Å². The predicted molar refractivity (Wildman–Crippen MR) is 121 cm³/mol. The molecule has 0 saturated carbocycles. The molecule has 1 saturated heterocycles. The molecular formula is C24H28N4O4. The minimum absolute atomic E-state index is 0.0710. The Morgan fingerprint density at radius 3 is 2.75 bits per heavy atom. The number of likely N-dealkylation sites (N-methyl/N-ethyl adjacent to an activating group) is 1. The third-order valence-electron chi connectivity index (χ3n) is 5.86. The number of aromatic nitrogens is 2. The molecule has 1 aromatic heterocycles. The number of nitrogens with one attached hydrogen (secondary N) is 1. The maximum absolute atomic E-state index is 13.5. The number of fused-ring (bicyclic) bond motifs is 1. The number of carbonyl (C=O) groups is 2. The van der Waals surface area contributed by atoms with Gasteiger partial charge in [0.2, 0.25) is 0 Å². The van der Waals surface area contributed by atoms with Crippen molar-refractivity contribution in [2.75, 3.05) is 27.3 Å². The fraction of sp³-hybridized carbons (Fsp3) is 0.375. The number of para-hydroxylation sites is 2. The van der Waals surface area contributed by atoms with Crippen molar-refractivity contribution in [1.29, 1.82) is 0 Å². The van der Waals surface area contributed by atoms with Crippen LogP contribution >= 0.6 is 0 Å². The van der Waals surface area contributed by atoms with Gasteiger partial charge in [0.15, 0.2) is 18.1 Å². The molecule has 1 aliphatic heterocycles. The molecule has 0 radical (unpaired) electrons. The van der Waals surface area contributed by atoms with Crippen molar-refractivity contribution in [2.24, 2.45) is 0 Å². The highest BCUT2D eigenvalue weighted by molar-refractivity contribution is 5.95. The maximum atomic E-state index is 13.5. The molecule has 0 bridgehead atoms. The molecule has 2 heterocycles. The lowest BCUT2D eigenvalue weighted by molar-refractivity contribution is -0.122. The molecular weight excluding hydrogens is 408 g/mol. The number of nitrogens with zero attached hydrogens (tertiary/aromatic N) is 3. The van der Waals surface area contributed by atoms with Crippen LogP contribution in [0, 0.1) is 0 Å². The van der Waals surface area contributed by atoms with Crippen molar-refractivity contribution in [3.8, 4) is 11.5 Å². The normalized spacial score (nSPS) is 15.7. The lowest BCUT2D eigenvalue weighted by atomic mass is 10.1. The highest BCUT2D eigenvalue weighted by Gasteiger charge is 2.34. The first-order valence-electron chi connectivity index (χ1n) is 10.8. The predicted octanol–water partition coefficient (Wildman–Crippen LogP) is 3.17. The number of benzene rings is 2. The lowest BCUT2D eigenvalue weighted by Crippen LogP contribution is -2.32. The van der Waals surface area contributed by atoms with Crippen LogP contribution in [0.1, 0.15) is 42.0 Å². The van der Waals surface area contributed by atoms with E-state index >= 15 is 0 Å². The van der Waals surface area contributed by atoms with Crippen molar-refractivity contribution >= 4 is 22.8 Å². The number of imidazole rings is 1. The van der Waals surface area contributed by atoms with E-state index in [1.165, 1.54) is 7.11 Å². The number of ether oxygens (including phenoxy) is 2. The molecule has 8 heteroatoms. The number of amides is 2. The molecule has 1 fully saturated rings. The summed E-state index contributed by atoms with van der Waals surface area (Å²) in [7, 11) is 3.06. The van der Waals surface area contributed by atoms with E-state index in [1.54, 1.807) is 25.2 Å². The van der Waals surface area contributed by atoms with Crippen molar-refractivity contribution in [3.05, 3.63) is 53.9 Å². The first kappa shape index (κ1) is 21.7. The van der Waals surface area contributed by atoms with Gasteiger partial charge in [0, 0.05) is 25.7 Å². The summed E-state index contributed by atoms with van der Waals surface area (Å²) in [6, 6.07) is 13.0. The van der Waals surface area contributed by atoms with Gasteiger partial charge in [-0.05, 0) is 50.1 Å². The van der Waals surface area contributed by atoms with E-state index in [2.05, 4.69) is 22.9 Å². The Morgan fingerprint density at radius 2 is 2.00 bits per heavy atom. The van der Waals surface area contributed by atoms with E-state index in [4.69, 9.17) is 14.5 Å². The lowest BCUT2D eigenvalue weighted by Gasteiger charge is -2.25. The van der Waals surface area contributed by atoms with Crippen LogP contribution < -0.4 is 14.8 Å². The summed E-state index contributed by atoms with van der Waals surface area (Å²) >= 11 is 0. The summed E-state index contributed by atoms with van der Waals surface area (Å²) in [5.41, 5.74) is 2.55. The van der Waals surface area contributed by atoms with E-state index in [0.717, 1.165) is 36.2 Å². The zero-order chi connectivity index (χ0) is 22.7. The minimum atomic E-state index is -0.245. The average molecular weight is 437 g/mol. The Kier molecular flexibility index (Phi) is 6.30. The van der Waals surface area contributed by atoms with E-state index in [9.17, 15) is 9.59 Å². The van der Waals surface area contributed by atoms with Gasteiger partial charge in [-0.3, -0.25) is 9.59 Å². The molecule has 1 atom stereocenters. The first-order valence-corrected chi connectivity index (χ1v) is 10.8. The largest absolute Gasteiger partial charge is 0.493 e. The van der Waals surface area contributed by atoms with Gasteiger partial charge >= 0.3 is 0 Å². The van der Waals surface area contributed by atoms with E-state index < -0.39 is 0 Å². The van der Waals surface area contributed by atoms with E-state index in [1.807, 2.05) is 23.1 Å². The third-order valence-corrected chi connectivity index (χ3v) is 5.86. The molecule has 1 aliphatic rings. The SMILES string of the molecule is CCn1c(C2CCCN2C(=O)c2ccc(OCC(=O)NC)c(OC)c2)nc2ccccc21. The van der Waals surface area contributed by atoms with Gasteiger partial charge in [0.25, 0.3) is 11.8 Å². The summed E-state index contributed by atoms with van der Waals surface area (Å²) in [5.74, 6) is 1.44. The summed E-state index contributed by atoms with van der Waals surface area (Å²) in [6.45, 7) is 3.44. The number of hydrogen-bond donors (Lipinski definition) is 1. The smallest absolute Gasteiger partial charge is 0.257 e. The Bertz CT molecular complexity index is 1140. The second-order valence-electron chi connectivity index (χ2n) is 7.69. The maximum Gasteiger partial charge on any atom is 0.257 e. The van der Waals surface area contributed by atoms with Gasteiger partial charge in [0.1, 0.15) is 5.82 Å². The fourth-order valence-corrected chi connectivity index (χ4v) is 4.26. The number of rotatable bonds is 7. The summed E-state index contributed by atoms with van der Waals surface area (Å²) in [4.78, 5) is 31.7. The number of likely N-dealkylation sites (tertiary alicyclic amines) is 1. The Labute approximate surface area is 187 Å². The standard InChI is InChI=1S/C24H28N4O4/c1-4-27-18-9-6-5-8-17(18)26-23(27)19-10-7-13-28(19)24(30)16-11-12-20(21(14-16)31-3)32-15-22(29)25-2/h5-6,8-9,11-12,14,19H,4,7,10,13,15H2,1-3H3,(H,25,29). The van der Waals surface area contributed by atoms with Crippen molar-refractivity contribution in [1.82, 2.24) is 19.8 Å². The molecule has 8 nitrogen and oxygen atoms in total. The molecule has 2 amide bonds. The van der Waals surface area contributed by atoms with Gasteiger partial charge in [-0.2, -0.15) is 0 Å². The highest BCUT2D eigenvalue weighted by Crippen LogP contribution is 2.36. The molecule has 32 heavy (non-hydrogen) atoms. The van der Waals surface area contributed by atoms with Gasteiger partial charge in [0.05, 0.1) is 24.2 Å². The van der Waals surface area contributed by atoms with Crippen molar-refractivity contribution in [3.63, 3.8) is 0 Å². The third kappa shape index (κ3) is 4.00. The Hall–Kier alpha value is -3.55. The molecule has 1 unspecified atom stereocenters. The summed E-state index contributed by atoms with van der Waals surface area (Å²) in [6.07, 6.45) is 1.80. The van der Waals surface area contributed by atoms with Crippen LogP contribution in [0.25, 0.3) is 11.0 Å². The van der Waals surface area contributed by atoms with Crippen LogP contribution in [0.15, 0.2) is 42.5 Å². The van der Waals surface area contributed by atoms with Crippen LogP contribution in [0.3, 0.4) is 0 Å². The summed E-state index contributed by atoms with van der Waals surface area (Å²) in [5, 5.41) is 2.51. The molecule has 4 rings (SSSR count). The Balaban J connectivity index is 1.61. The second-order valence-corrected chi connectivity index (χ2v) is 7.69. The van der Waals surface area contributed by atoms with Gasteiger partial charge in [-0.15, -0.1) is 0 Å². The fourth-order valence-electron chi connectivity index (χ4n) is 4.26. The highest BCUT2D eigenvalue weighted by atomic mass is 16.5. The van der Waals surface area contributed by atoms with Crippen LogP contribution in [-0.2, 0) is 11.3 Å². The van der Waals surface area contributed by atoms with Crippen molar-refractivity contribution in [2.45, 2.75) is 32.4 Å². The van der Waals surface area contributed by atoms with Crippen LogP contribution in [0.5, 0.6) is 11.5 Å².